The van der Waals surface area contributed by atoms with Crippen LogP contribution < -0.4 is 5.32 Å². The van der Waals surface area contributed by atoms with Crippen molar-refractivity contribution in [3.8, 4) is 11.5 Å². The van der Waals surface area contributed by atoms with Gasteiger partial charge in [0.1, 0.15) is 0 Å². The molecule has 7 nitrogen and oxygen atoms in total. The van der Waals surface area contributed by atoms with Crippen LogP contribution in [0.3, 0.4) is 0 Å². The predicted octanol–water partition coefficient (Wildman–Crippen LogP) is 1.65. The van der Waals surface area contributed by atoms with E-state index in [-0.39, 0.29) is 24.1 Å². The number of hydrogen-bond acceptors (Lipinski definition) is 6. The molecule has 8 heteroatoms. The van der Waals surface area contributed by atoms with E-state index in [1.807, 2.05) is 32.0 Å². The first-order chi connectivity index (χ1) is 11.4. The maximum absolute atomic E-state index is 11.7. The second-order valence-corrected chi connectivity index (χ2v) is 6.45. The maximum Gasteiger partial charge on any atom is 0.277 e. The van der Waals surface area contributed by atoms with Gasteiger partial charge in [0.25, 0.3) is 5.22 Å². The van der Waals surface area contributed by atoms with Gasteiger partial charge in [0, 0.05) is 19.7 Å². The van der Waals surface area contributed by atoms with Gasteiger partial charge in [-0.2, -0.15) is 0 Å². The third kappa shape index (κ3) is 4.82. The number of hydrogen-bond donors (Lipinski definition) is 1. The molecule has 0 spiro atoms. The number of carbonyl (C=O) groups excluding carboxylic acids is 2. The second-order valence-electron chi connectivity index (χ2n) is 5.53. The Kier molecular flexibility index (Phi) is 5.97. The molecule has 1 heterocycles. The summed E-state index contributed by atoms with van der Waals surface area (Å²) in [4.78, 5) is 24.5. The van der Waals surface area contributed by atoms with Gasteiger partial charge in [-0.05, 0) is 37.1 Å². The summed E-state index contributed by atoms with van der Waals surface area (Å²) in [5.41, 5.74) is 3.18. The zero-order valence-corrected chi connectivity index (χ0v) is 14.9. The molecule has 0 aliphatic carbocycles. The van der Waals surface area contributed by atoms with Crippen molar-refractivity contribution in [3.05, 3.63) is 29.3 Å². The number of aromatic nitrogens is 2. The first kappa shape index (κ1) is 18.0. The van der Waals surface area contributed by atoms with E-state index < -0.39 is 0 Å². The van der Waals surface area contributed by atoms with Crippen molar-refractivity contribution in [2.24, 2.45) is 0 Å². The highest BCUT2D eigenvalue weighted by atomic mass is 32.2. The van der Waals surface area contributed by atoms with Crippen LogP contribution >= 0.6 is 11.8 Å². The molecule has 1 aromatic carbocycles. The van der Waals surface area contributed by atoms with Gasteiger partial charge in [-0.1, -0.05) is 17.8 Å². The molecule has 0 saturated heterocycles. The average Bonchev–Trinajstić information content (AvgIpc) is 3.02. The van der Waals surface area contributed by atoms with Crippen LogP contribution in [0.15, 0.2) is 27.8 Å². The molecule has 128 valence electrons. The molecule has 1 N–H and O–H groups in total. The lowest BCUT2D eigenvalue weighted by atomic mass is 10.1. The van der Waals surface area contributed by atoms with Gasteiger partial charge in [0.2, 0.25) is 17.7 Å². The lowest BCUT2D eigenvalue weighted by molar-refractivity contribution is -0.130. The number of nitrogens with zero attached hydrogens (tertiary/aromatic N) is 3. The Morgan fingerprint density at radius 2 is 1.96 bits per heavy atom. The number of carbonyl (C=O) groups is 2. The van der Waals surface area contributed by atoms with E-state index in [1.165, 1.54) is 10.5 Å². The van der Waals surface area contributed by atoms with E-state index in [2.05, 4.69) is 15.5 Å². The van der Waals surface area contributed by atoms with Crippen molar-refractivity contribution in [1.82, 2.24) is 20.4 Å². The van der Waals surface area contributed by atoms with Crippen LogP contribution in [-0.4, -0.2) is 53.3 Å². The van der Waals surface area contributed by atoms with Crippen molar-refractivity contribution in [3.63, 3.8) is 0 Å². The molecule has 0 radical (unpaired) electrons. The number of amides is 2. The van der Waals surface area contributed by atoms with Crippen LogP contribution in [0.2, 0.25) is 0 Å². The minimum Gasteiger partial charge on any atom is -0.411 e. The topological polar surface area (TPSA) is 88.3 Å². The van der Waals surface area contributed by atoms with Crippen molar-refractivity contribution in [2.45, 2.75) is 19.1 Å². The van der Waals surface area contributed by atoms with E-state index in [1.54, 1.807) is 14.1 Å². The summed E-state index contributed by atoms with van der Waals surface area (Å²) in [7, 11) is 3.27. The summed E-state index contributed by atoms with van der Waals surface area (Å²) >= 11 is 1.13. The van der Waals surface area contributed by atoms with E-state index in [9.17, 15) is 9.59 Å². The standard InChI is InChI=1S/C16H20N4O3S/c1-10-5-6-12(7-11(10)2)15-18-19-16(23-15)24-9-13(21)17-8-14(22)20(3)4/h5-7H,8-9H2,1-4H3,(H,17,21). The molecule has 0 unspecified atom stereocenters. The van der Waals surface area contributed by atoms with Gasteiger partial charge in [-0.15, -0.1) is 10.2 Å². The smallest absolute Gasteiger partial charge is 0.277 e. The fraction of sp³-hybridized carbons (Fsp3) is 0.375. The summed E-state index contributed by atoms with van der Waals surface area (Å²) < 4.78 is 5.56. The van der Waals surface area contributed by atoms with E-state index in [4.69, 9.17) is 4.42 Å². The summed E-state index contributed by atoms with van der Waals surface area (Å²) in [6.45, 7) is 4.03. The molecule has 2 amide bonds. The van der Waals surface area contributed by atoms with Crippen molar-refractivity contribution >= 4 is 23.6 Å². The summed E-state index contributed by atoms with van der Waals surface area (Å²) in [5.74, 6) is 0.100. The third-order valence-corrected chi connectivity index (χ3v) is 4.24. The quantitative estimate of drug-likeness (QED) is 0.799. The van der Waals surface area contributed by atoms with Gasteiger partial charge in [-0.25, -0.2) is 0 Å². The normalized spacial score (nSPS) is 10.5. The Morgan fingerprint density at radius 3 is 2.62 bits per heavy atom. The van der Waals surface area contributed by atoms with Gasteiger partial charge < -0.3 is 14.6 Å². The molecule has 0 aliphatic heterocycles. The molecule has 24 heavy (non-hydrogen) atoms. The fourth-order valence-corrected chi connectivity index (χ4v) is 2.36. The number of aryl methyl sites for hydroxylation is 2. The lowest BCUT2D eigenvalue weighted by Gasteiger charge is -2.10. The SMILES string of the molecule is Cc1ccc(-c2nnc(SCC(=O)NCC(=O)N(C)C)o2)cc1C. The lowest BCUT2D eigenvalue weighted by Crippen LogP contribution is -2.36. The molecule has 0 aliphatic rings. The fourth-order valence-electron chi connectivity index (χ4n) is 1.77. The number of thioether (sulfide) groups is 1. The zero-order chi connectivity index (χ0) is 17.7. The molecule has 0 fully saturated rings. The molecule has 2 aromatic rings. The Bertz CT molecular complexity index is 743. The monoisotopic (exact) mass is 348 g/mol. The maximum atomic E-state index is 11.7. The van der Waals surface area contributed by atoms with Gasteiger partial charge in [0.15, 0.2) is 0 Å². The van der Waals surface area contributed by atoms with Gasteiger partial charge >= 0.3 is 0 Å². The second kappa shape index (κ2) is 7.96. The molecular weight excluding hydrogens is 328 g/mol. The van der Waals surface area contributed by atoms with Crippen molar-refractivity contribution < 1.29 is 14.0 Å². The average molecular weight is 348 g/mol. The Morgan fingerprint density at radius 1 is 1.21 bits per heavy atom. The highest BCUT2D eigenvalue weighted by molar-refractivity contribution is 7.99. The van der Waals surface area contributed by atoms with Crippen LogP contribution in [-0.2, 0) is 9.59 Å². The number of nitrogens with one attached hydrogen (secondary N) is 1. The molecule has 0 bridgehead atoms. The summed E-state index contributed by atoms with van der Waals surface area (Å²) in [5, 5.41) is 10.8. The Hall–Kier alpha value is -2.35. The van der Waals surface area contributed by atoms with E-state index >= 15 is 0 Å². The van der Waals surface area contributed by atoms with E-state index in [0.717, 1.165) is 22.9 Å². The summed E-state index contributed by atoms with van der Waals surface area (Å²) in [6, 6.07) is 5.90. The molecule has 1 aromatic heterocycles. The molecular formula is C16H20N4O3S. The molecule has 0 atom stereocenters. The van der Waals surface area contributed by atoms with Gasteiger partial charge in [0.05, 0.1) is 12.3 Å². The largest absolute Gasteiger partial charge is 0.411 e. The first-order valence-electron chi connectivity index (χ1n) is 7.37. The molecule has 2 rings (SSSR count). The van der Waals surface area contributed by atoms with Gasteiger partial charge in [-0.3, -0.25) is 9.59 Å². The van der Waals surface area contributed by atoms with Crippen molar-refractivity contribution in [1.29, 1.82) is 0 Å². The Labute approximate surface area is 144 Å². The zero-order valence-electron chi connectivity index (χ0n) is 14.1. The number of rotatable bonds is 6. The Balaban J connectivity index is 1.88. The van der Waals surface area contributed by atoms with Crippen LogP contribution in [0.1, 0.15) is 11.1 Å². The number of likely N-dealkylation sites (N-methyl/N-ethyl adjacent to an activating group) is 1. The van der Waals surface area contributed by atoms with Crippen molar-refractivity contribution in [2.75, 3.05) is 26.4 Å². The third-order valence-electron chi connectivity index (χ3n) is 3.42. The van der Waals surface area contributed by atoms with Crippen LogP contribution in [0.5, 0.6) is 0 Å². The predicted molar refractivity (Wildman–Crippen MR) is 91.6 cm³/mol. The van der Waals surface area contributed by atoms with Crippen LogP contribution in [0.4, 0.5) is 0 Å². The summed E-state index contributed by atoms with van der Waals surface area (Å²) in [6.07, 6.45) is 0. The van der Waals surface area contributed by atoms with Crippen LogP contribution in [0, 0.1) is 13.8 Å². The van der Waals surface area contributed by atoms with E-state index in [0.29, 0.717) is 11.1 Å². The minimum absolute atomic E-state index is 0.0237. The highest BCUT2D eigenvalue weighted by Crippen LogP contribution is 2.24. The molecule has 0 saturated carbocycles. The number of benzene rings is 1. The highest BCUT2D eigenvalue weighted by Gasteiger charge is 2.12. The minimum atomic E-state index is -0.263. The van der Waals surface area contributed by atoms with Crippen LogP contribution in [0.25, 0.3) is 11.5 Å². The first-order valence-corrected chi connectivity index (χ1v) is 8.36.